The molecule has 0 radical (unpaired) electrons. The van der Waals surface area contributed by atoms with Gasteiger partial charge in [-0.3, -0.25) is 4.90 Å². The summed E-state index contributed by atoms with van der Waals surface area (Å²) < 4.78 is 6.33. The first kappa shape index (κ1) is 17.2. The molecule has 1 atom stereocenters. The topological polar surface area (TPSA) is 24.5 Å². The maximum Gasteiger partial charge on any atom is 0.108 e. The third kappa shape index (κ3) is 4.67. The second-order valence-electron chi connectivity index (χ2n) is 6.50. The molecule has 3 rings (SSSR count). The number of ether oxygens (including phenoxy) is 1. The van der Waals surface area contributed by atoms with Gasteiger partial charge < -0.3 is 10.1 Å². The minimum absolute atomic E-state index is 0.0163. The first-order valence-corrected chi connectivity index (χ1v) is 9.01. The fourth-order valence-electron chi connectivity index (χ4n) is 3.30. The van der Waals surface area contributed by atoms with E-state index in [9.17, 15) is 0 Å². The zero-order chi connectivity index (χ0) is 16.6. The Hall–Kier alpha value is -1.68. The number of nitrogens with zero attached hydrogens (tertiary/aromatic N) is 1. The molecule has 0 aromatic heterocycles. The van der Waals surface area contributed by atoms with E-state index >= 15 is 0 Å². The third-order valence-corrected chi connectivity index (χ3v) is 4.80. The molecule has 2 aromatic carbocycles. The third-order valence-electron chi connectivity index (χ3n) is 4.80. The van der Waals surface area contributed by atoms with Gasteiger partial charge in [0.2, 0.25) is 0 Å². The number of nitrogens with one attached hydrogen (secondary N) is 1. The van der Waals surface area contributed by atoms with E-state index in [2.05, 4.69) is 77.8 Å². The Bertz CT molecular complexity index is 542. The average Bonchev–Trinajstić information content (AvgIpc) is 2.67. The van der Waals surface area contributed by atoms with Crippen molar-refractivity contribution < 1.29 is 4.74 Å². The SMILES string of the molecule is CC(CCOC(c1ccccc1)c1ccccc1)N1CCNCC1. The molecule has 1 aliphatic rings. The van der Waals surface area contributed by atoms with Crippen LogP contribution in [0.2, 0.25) is 0 Å². The number of hydrogen-bond acceptors (Lipinski definition) is 3. The molecule has 3 nitrogen and oxygen atoms in total. The highest BCUT2D eigenvalue weighted by Gasteiger charge is 2.18. The van der Waals surface area contributed by atoms with E-state index in [0.717, 1.165) is 39.2 Å². The highest BCUT2D eigenvalue weighted by Crippen LogP contribution is 2.26. The fourth-order valence-corrected chi connectivity index (χ4v) is 3.30. The molecule has 0 aliphatic carbocycles. The molecule has 0 spiro atoms. The first-order chi connectivity index (χ1) is 11.8. The Morgan fingerprint density at radius 3 is 2.00 bits per heavy atom. The highest BCUT2D eigenvalue weighted by molar-refractivity contribution is 5.29. The molecule has 0 bridgehead atoms. The lowest BCUT2D eigenvalue weighted by molar-refractivity contribution is 0.0579. The van der Waals surface area contributed by atoms with Crippen LogP contribution in [0.4, 0.5) is 0 Å². The summed E-state index contributed by atoms with van der Waals surface area (Å²) in [5.74, 6) is 0. The van der Waals surface area contributed by atoms with Crippen LogP contribution in [0.3, 0.4) is 0 Å². The van der Waals surface area contributed by atoms with Gasteiger partial charge in [-0.15, -0.1) is 0 Å². The summed E-state index contributed by atoms with van der Waals surface area (Å²) in [6.07, 6.45) is 1.08. The van der Waals surface area contributed by atoms with Gasteiger partial charge >= 0.3 is 0 Å². The second-order valence-corrected chi connectivity index (χ2v) is 6.50. The fraction of sp³-hybridized carbons (Fsp3) is 0.429. The maximum atomic E-state index is 6.33. The van der Waals surface area contributed by atoms with Gasteiger partial charge in [-0.25, -0.2) is 0 Å². The van der Waals surface area contributed by atoms with Crippen molar-refractivity contribution in [3.63, 3.8) is 0 Å². The Labute approximate surface area is 145 Å². The van der Waals surface area contributed by atoms with E-state index in [1.54, 1.807) is 0 Å². The molecule has 1 unspecified atom stereocenters. The molecule has 2 aromatic rings. The summed E-state index contributed by atoms with van der Waals surface area (Å²) in [6.45, 7) is 7.57. The van der Waals surface area contributed by atoms with Crippen molar-refractivity contribution >= 4 is 0 Å². The van der Waals surface area contributed by atoms with Crippen molar-refractivity contribution in [2.45, 2.75) is 25.5 Å². The van der Waals surface area contributed by atoms with E-state index in [4.69, 9.17) is 4.74 Å². The van der Waals surface area contributed by atoms with Gasteiger partial charge in [0.1, 0.15) is 6.10 Å². The van der Waals surface area contributed by atoms with E-state index in [-0.39, 0.29) is 6.10 Å². The lowest BCUT2D eigenvalue weighted by Crippen LogP contribution is -2.47. The predicted octanol–water partition coefficient (Wildman–Crippen LogP) is 3.48. The molecule has 1 heterocycles. The van der Waals surface area contributed by atoms with Crippen LogP contribution >= 0.6 is 0 Å². The van der Waals surface area contributed by atoms with E-state index < -0.39 is 0 Å². The van der Waals surface area contributed by atoms with Crippen LogP contribution in [0, 0.1) is 0 Å². The highest BCUT2D eigenvalue weighted by atomic mass is 16.5. The molecule has 0 amide bonds. The van der Waals surface area contributed by atoms with E-state index in [0.29, 0.717) is 6.04 Å². The van der Waals surface area contributed by atoms with Gasteiger partial charge in [0.15, 0.2) is 0 Å². The summed E-state index contributed by atoms with van der Waals surface area (Å²) in [5.41, 5.74) is 2.44. The Balaban J connectivity index is 1.60. The number of hydrogen-bond donors (Lipinski definition) is 1. The van der Waals surface area contributed by atoms with Crippen LogP contribution in [0.1, 0.15) is 30.6 Å². The first-order valence-electron chi connectivity index (χ1n) is 9.01. The van der Waals surface area contributed by atoms with Crippen LogP contribution in [0.25, 0.3) is 0 Å². The van der Waals surface area contributed by atoms with Gasteiger partial charge in [-0.1, -0.05) is 60.7 Å². The van der Waals surface area contributed by atoms with Gasteiger partial charge in [-0.05, 0) is 24.5 Å². The van der Waals surface area contributed by atoms with E-state index in [1.165, 1.54) is 11.1 Å². The smallest absolute Gasteiger partial charge is 0.108 e. The van der Waals surface area contributed by atoms with Crippen molar-refractivity contribution in [3.8, 4) is 0 Å². The average molecular weight is 324 g/mol. The lowest BCUT2D eigenvalue weighted by atomic mass is 10.0. The minimum Gasteiger partial charge on any atom is -0.369 e. The van der Waals surface area contributed by atoms with Crippen LogP contribution in [0.15, 0.2) is 60.7 Å². The van der Waals surface area contributed by atoms with Crippen LogP contribution in [0.5, 0.6) is 0 Å². The lowest BCUT2D eigenvalue weighted by Gasteiger charge is -2.33. The maximum absolute atomic E-state index is 6.33. The molecule has 1 fully saturated rings. The van der Waals surface area contributed by atoms with Crippen molar-refractivity contribution in [3.05, 3.63) is 71.8 Å². The van der Waals surface area contributed by atoms with Gasteiger partial charge in [-0.2, -0.15) is 0 Å². The van der Waals surface area contributed by atoms with Crippen LogP contribution < -0.4 is 5.32 Å². The van der Waals surface area contributed by atoms with Gasteiger partial charge in [0.25, 0.3) is 0 Å². The molecule has 1 N–H and O–H groups in total. The summed E-state index contributed by atoms with van der Waals surface area (Å²) >= 11 is 0. The number of rotatable bonds is 7. The van der Waals surface area contributed by atoms with Crippen molar-refractivity contribution in [1.82, 2.24) is 10.2 Å². The monoisotopic (exact) mass is 324 g/mol. The number of piperazine rings is 1. The Morgan fingerprint density at radius 1 is 0.917 bits per heavy atom. The molecule has 24 heavy (non-hydrogen) atoms. The van der Waals surface area contributed by atoms with Crippen LogP contribution in [-0.4, -0.2) is 43.7 Å². The van der Waals surface area contributed by atoms with Crippen molar-refractivity contribution in [1.29, 1.82) is 0 Å². The molecule has 1 aliphatic heterocycles. The summed E-state index contributed by atoms with van der Waals surface area (Å²) in [7, 11) is 0. The quantitative estimate of drug-likeness (QED) is 0.844. The summed E-state index contributed by atoms with van der Waals surface area (Å²) in [6, 6.07) is 21.6. The van der Waals surface area contributed by atoms with Crippen molar-refractivity contribution in [2.75, 3.05) is 32.8 Å². The minimum atomic E-state index is 0.0163. The molecule has 3 heteroatoms. The van der Waals surface area contributed by atoms with Gasteiger partial charge in [0, 0.05) is 38.8 Å². The normalized spacial score (nSPS) is 17.1. The summed E-state index contributed by atoms with van der Waals surface area (Å²) in [5, 5.41) is 3.41. The Morgan fingerprint density at radius 2 is 1.46 bits per heavy atom. The predicted molar refractivity (Wildman–Crippen MR) is 99.2 cm³/mol. The van der Waals surface area contributed by atoms with Crippen LogP contribution in [-0.2, 0) is 4.74 Å². The van der Waals surface area contributed by atoms with Gasteiger partial charge in [0.05, 0.1) is 0 Å². The second kappa shape index (κ2) is 8.97. The molecular weight excluding hydrogens is 296 g/mol. The molecule has 128 valence electrons. The Kier molecular flexibility index (Phi) is 6.41. The zero-order valence-corrected chi connectivity index (χ0v) is 14.5. The molecular formula is C21H28N2O. The van der Waals surface area contributed by atoms with E-state index in [1.807, 2.05) is 0 Å². The number of benzene rings is 2. The summed E-state index contributed by atoms with van der Waals surface area (Å²) in [4.78, 5) is 2.56. The molecule has 0 saturated carbocycles. The molecule has 1 saturated heterocycles. The standard InChI is InChI=1S/C21H28N2O/c1-18(23-15-13-22-14-16-23)12-17-24-21(19-8-4-2-5-9-19)20-10-6-3-7-11-20/h2-11,18,21-22H,12-17H2,1H3. The zero-order valence-electron chi connectivity index (χ0n) is 14.5. The van der Waals surface area contributed by atoms with Crippen molar-refractivity contribution in [2.24, 2.45) is 0 Å². The largest absolute Gasteiger partial charge is 0.369 e.